The molecular formula is C14H17Cl2NO. The van der Waals surface area contributed by atoms with Crippen molar-refractivity contribution in [3.05, 3.63) is 29.8 Å². The minimum atomic E-state index is -0.924. The van der Waals surface area contributed by atoms with Crippen LogP contribution in [0.2, 0.25) is 0 Å². The van der Waals surface area contributed by atoms with E-state index < -0.39 is 9.75 Å². The fourth-order valence-electron chi connectivity index (χ4n) is 1.89. The third-order valence-corrected chi connectivity index (χ3v) is 4.67. The summed E-state index contributed by atoms with van der Waals surface area (Å²) in [5.41, 5.74) is 1.31. The Kier molecular flexibility index (Phi) is 3.37. The van der Waals surface area contributed by atoms with Gasteiger partial charge in [0, 0.05) is 5.69 Å². The summed E-state index contributed by atoms with van der Waals surface area (Å²) >= 11 is 12.0. The van der Waals surface area contributed by atoms with E-state index in [0.29, 0.717) is 12.3 Å². The monoisotopic (exact) mass is 285 g/mol. The minimum Gasteiger partial charge on any atom is -0.326 e. The van der Waals surface area contributed by atoms with Gasteiger partial charge in [-0.05, 0) is 37.0 Å². The lowest BCUT2D eigenvalue weighted by atomic mass is 10.0. The largest absolute Gasteiger partial charge is 0.326 e. The van der Waals surface area contributed by atoms with Gasteiger partial charge >= 0.3 is 0 Å². The lowest BCUT2D eigenvalue weighted by molar-refractivity contribution is -0.120. The predicted octanol–water partition coefficient (Wildman–Crippen LogP) is 4.33. The molecule has 0 bridgehead atoms. The third-order valence-electron chi connectivity index (χ3n) is 3.57. The van der Waals surface area contributed by atoms with E-state index in [0.717, 1.165) is 5.69 Å². The smallest absolute Gasteiger partial charge is 0.233 e. The molecule has 1 aromatic rings. The van der Waals surface area contributed by atoms with Crippen molar-refractivity contribution in [2.45, 2.75) is 37.4 Å². The maximum Gasteiger partial charge on any atom is 0.233 e. The second kappa shape index (κ2) is 4.43. The molecule has 1 aliphatic carbocycles. The van der Waals surface area contributed by atoms with Crippen LogP contribution in [0, 0.1) is 5.41 Å². The zero-order valence-electron chi connectivity index (χ0n) is 10.8. The zero-order chi connectivity index (χ0) is 13.6. The van der Waals surface area contributed by atoms with Gasteiger partial charge in [-0.15, -0.1) is 23.2 Å². The van der Waals surface area contributed by atoms with Gasteiger partial charge in [0.05, 0.1) is 5.41 Å². The summed E-state index contributed by atoms with van der Waals surface area (Å²) in [6, 6.07) is 7.85. The van der Waals surface area contributed by atoms with Crippen molar-refractivity contribution in [2.75, 3.05) is 5.32 Å². The van der Waals surface area contributed by atoms with Crippen LogP contribution < -0.4 is 5.32 Å². The number of anilines is 1. The van der Waals surface area contributed by atoms with Gasteiger partial charge in [0.25, 0.3) is 0 Å². The van der Waals surface area contributed by atoms with Crippen LogP contribution in [0.5, 0.6) is 0 Å². The Morgan fingerprint density at radius 1 is 1.39 bits per heavy atom. The molecule has 1 aliphatic rings. The van der Waals surface area contributed by atoms with Gasteiger partial charge in [0.2, 0.25) is 5.91 Å². The molecule has 18 heavy (non-hydrogen) atoms. The maximum absolute atomic E-state index is 12.1. The Balaban J connectivity index is 2.11. The highest BCUT2D eigenvalue weighted by Crippen LogP contribution is 2.64. The molecular weight excluding hydrogens is 269 g/mol. The molecule has 0 aromatic heterocycles. The molecule has 0 heterocycles. The number of carbonyl (C=O) groups excluding carboxylic acids is 1. The SMILES string of the molecule is CC(C)c1cccc(NC(=O)C2(C)CC2(Cl)Cl)c1. The third kappa shape index (κ3) is 2.36. The van der Waals surface area contributed by atoms with Crippen LogP contribution in [0.4, 0.5) is 5.69 Å². The Morgan fingerprint density at radius 3 is 2.50 bits per heavy atom. The zero-order valence-corrected chi connectivity index (χ0v) is 12.3. The molecule has 4 heteroatoms. The molecule has 2 rings (SSSR count). The predicted molar refractivity (Wildman–Crippen MR) is 76.3 cm³/mol. The van der Waals surface area contributed by atoms with E-state index in [9.17, 15) is 4.79 Å². The summed E-state index contributed by atoms with van der Waals surface area (Å²) in [7, 11) is 0. The average Bonchev–Trinajstić information content (AvgIpc) is 2.80. The number of amides is 1. The van der Waals surface area contributed by atoms with E-state index in [2.05, 4.69) is 19.2 Å². The van der Waals surface area contributed by atoms with Crippen LogP contribution in [0.1, 0.15) is 38.7 Å². The van der Waals surface area contributed by atoms with Gasteiger partial charge in [0.1, 0.15) is 4.33 Å². The van der Waals surface area contributed by atoms with Crippen molar-refractivity contribution in [3.8, 4) is 0 Å². The summed E-state index contributed by atoms with van der Waals surface area (Å²) in [4.78, 5) is 12.1. The van der Waals surface area contributed by atoms with Gasteiger partial charge < -0.3 is 5.32 Å². The first-order valence-electron chi connectivity index (χ1n) is 6.05. The minimum absolute atomic E-state index is 0.117. The molecule has 0 saturated heterocycles. The Labute approximate surface area is 118 Å². The summed E-state index contributed by atoms with van der Waals surface area (Å²) in [6.45, 7) is 6.02. The molecule has 0 aliphatic heterocycles. The maximum atomic E-state index is 12.1. The molecule has 1 atom stereocenters. The Hall–Kier alpha value is -0.730. The first-order chi connectivity index (χ1) is 8.26. The first-order valence-corrected chi connectivity index (χ1v) is 6.81. The van der Waals surface area contributed by atoms with Crippen LogP contribution in [-0.4, -0.2) is 10.2 Å². The van der Waals surface area contributed by atoms with Crippen molar-refractivity contribution in [3.63, 3.8) is 0 Å². The normalized spacial score (nSPS) is 25.0. The molecule has 2 nitrogen and oxygen atoms in total. The molecule has 0 radical (unpaired) electrons. The van der Waals surface area contributed by atoms with Crippen LogP contribution in [0.3, 0.4) is 0 Å². The fourth-order valence-corrected chi connectivity index (χ4v) is 2.60. The quantitative estimate of drug-likeness (QED) is 0.823. The first kappa shape index (κ1) is 13.7. The van der Waals surface area contributed by atoms with Crippen LogP contribution in [-0.2, 0) is 4.79 Å². The van der Waals surface area contributed by atoms with Gasteiger partial charge in [-0.3, -0.25) is 4.79 Å². The fraction of sp³-hybridized carbons (Fsp3) is 0.500. The number of hydrogen-bond acceptors (Lipinski definition) is 1. The molecule has 98 valence electrons. The standard InChI is InChI=1S/C14H17Cl2NO/c1-9(2)10-5-4-6-11(7-10)17-12(18)13(3)8-14(13,15)16/h4-7,9H,8H2,1-3H3,(H,17,18). The summed E-state index contributed by atoms with van der Waals surface area (Å²) in [5, 5.41) is 2.89. The van der Waals surface area contributed by atoms with Crippen molar-refractivity contribution >= 4 is 34.8 Å². The summed E-state index contributed by atoms with van der Waals surface area (Å²) in [6.07, 6.45) is 0.499. The van der Waals surface area contributed by atoms with Crippen LogP contribution in [0.25, 0.3) is 0 Å². The number of benzene rings is 1. The lowest BCUT2D eigenvalue weighted by Gasteiger charge is -2.14. The van der Waals surface area contributed by atoms with E-state index in [4.69, 9.17) is 23.2 Å². The van der Waals surface area contributed by atoms with E-state index in [-0.39, 0.29) is 5.91 Å². The lowest BCUT2D eigenvalue weighted by Crippen LogP contribution is -2.25. The molecule has 1 fully saturated rings. The highest BCUT2D eigenvalue weighted by atomic mass is 35.5. The Bertz CT molecular complexity index is 484. The molecule has 1 amide bonds. The van der Waals surface area contributed by atoms with Crippen molar-refractivity contribution in [1.82, 2.24) is 0 Å². The number of nitrogens with one attached hydrogen (secondary N) is 1. The topological polar surface area (TPSA) is 29.1 Å². The average molecular weight is 286 g/mol. The van der Waals surface area contributed by atoms with Gasteiger partial charge in [-0.1, -0.05) is 26.0 Å². The van der Waals surface area contributed by atoms with Gasteiger partial charge in [0.15, 0.2) is 0 Å². The summed E-state index contributed by atoms with van der Waals surface area (Å²) in [5.74, 6) is 0.312. The Morgan fingerprint density at radius 2 is 2.00 bits per heavy atom. The van der Waals surface area contributed by atoms with Crippen LogP contribution >= 0.6 is 23.2 Å². The molecule has 1 unspecified atom stereocenters. The molecule has 1 N–H and O–H groups in total. The molecule has 1 aromatic carbocycles. The van der Waals surface area contributed by atoms with Crippen molar-refractivity contribution in [1.29, 1.82) is 0 Å². The number of rotatable bonds is 3. The van der Waals surface area contributed by atoms with Gasteiger partial charge in [-0.2, -0.15) is 0 Å². The second-order valence-corrected chi connectivity index (χ2v) is 6.93. The van der Waals surface area contributed by atoms with Crippen molar-refractivity contribution in [2.24, 2.45) is 5.41 Å². The number of alkyl halides is 2. The van der Waals surface area contributed by atoms with E-state index in [1.807, 2.05) is 24.3 Å². The van der Waals surface area contributed by atoms with Crippen molar-refractivity contribution < 1.29 is 4.79 Å². The number of hydrogen-bond donors (Lipinski definition) is 1. The number of halogens is 2. The molecule has 1 saturated carbocycles. The molecule has 0 spiro atoms. The second-order valence-electron chi connectivity index (χ2n) is 5.45. The highest BCUT2D eigenvalue weighted by molar-refractivity contribution is 6.53. The number of carbonyl (C=O) groups is 1. The van der Waals surface area contributed by atoms with Crippen LogP contribution in [0.15, 0.2) is 24.3 Å². The van der Waals surface area contributed by atoms with Gasteiger partial charge in [-0.25, -0.2) is 0 Å². The van der Waals surface area contributed by atoms with E-state index >= 15 is 0 Å². The highest BCUT2D eigenvalue weighted by Gasteiger charge is 2.67. The van der Waals surface area contributed by atoms with E-state index in [1.165, 1.54) is 5.56 Å². The summed E-state index contributed by atoms with van der Waals surface area (Å²) < 4.78 is -0.924. The van der Waals surface area contributed by atoms with E-state index in [1.54, 1.807) is 6.92 Å².